The average molecular weight is 332 g/mol. The van der Waals surface area contributed by atoms with Crippen molar-refractivity contribution in [2.24, 2.45) is 11.8 Å². The normalized spacial score (nSPS) is 12.7. The zero-order valence-electron chi connectivity index (χ0n) is 14.0. The Balaban J connectivity index is 5.25. The van der Waals surface area contributed by atoms with E-state index in [-0.39, 0.29) is 32.5 Å². The molecule has 132 valence electrons. The summed E-state index contributed by atoms with van der Waals surface area (Å²) >= 11 is 0. The van der Waals surface area contributed by atoms with Gasteiger partial charge in [-0.3, -0.25) is 19.2 Å². The Hall–Kier alpha value is -2.12. The van der Waals surface area contributed by atoms with Crippen molar-refractivity contribution in [2.75, 3.05) is 27.4 Å². The van der Waals surface area contributed by atoms with Crippen LogP contribution in [0.1, 0.15) is 33.1 Å². The Morgan fingerprint density at radius 1 is 0.783 bits per heavy atom. The summed E-state index contributed by atoms with van der Waals surface area (Å²) in [6, 6.07) is 0. The highest BCUT2D eigenvalue weighted by Crippen LogP contribution is 2.25. The van der Waals surface area contributed by atoms with Gasteiger partial charge < -0.3 is 18.9 Å². The second-order valence-corrected chi connectivity index (χ2v) is 4.61. The van der Waals surface area contributed by atoms with Crippen molar-refractivity contribution in [1.82, 2.24) is 0 Å². The molecule has 0 aliphatic carbocycles. The predicted molar refractivity (Wildman–Crippen MR) is 78.1 cm³/mol. The van der Waals surface area contributed by atoms with E-state index in [0.29, 0.717) is 0 Å². The quantitative estimate of drug-likeness (QED) is 0.428. The molecule has 0 N–H and O–H groups in total. The van der Waals surface area contributed by atoms with Gasteiger partial charge in [-0.2, -0.15) is 0 Å². The second kappa shape index (κ2) is 11.4. The third-order valence-electron chi connectivity index (χ3n) is 3.16. The molecule has 8 nitrogen and oxygen atoms in total. The van der Waals surface area contributed by atoms with Gasteiger partial charge in [0, 0.05) is 6.42 Å². The molecule has 0 heterocycles. The standard InChI is InChI=1S/C15H24O8/c1-5-22-13(17)9-11(15(19)23-6-2)10(14(18)21-4)7-8-12(16)20-3/h10-11H,5-9H2,1-4H3. The number of hydrogen-bond acceptors (Lipinski definition) is 8. The van der Waals surface area contributed by atoms with Crippen LogP contribution in [0.25, 0.3) is 0 Å². The lowest BCUT2D eigenvalue weighted by Crippen LogP contribution is -2.34. The van der Waals surface area contributed by atoms with Crippen LogP contribution in [0.3, 0.4) is 0 Å². The molecule has 0 saturated carbocycles. The molecule has 0 aliphatic rings. The van der Waals surface area contributed by atoms with Gasteiger partial charge in [-0.1, -0.05) is 0 Å². The topological polar surface area (TPSA) is 105 Å². The van der Waals surface area contributed by atoms with E-state index in [1.54, 1.807) is 13.8 Å². The summed E-state index contributed by atoms with van der Waals surface area (Å²) in [6.07, 6.45) is -0.412. The lowest BCUT2D eigenvalue weighted by molar-refractivity contribution is -0.163. The summed E-state index contributed by atoms with van der Waals surface area (Å²) in [5, 5.41) is 0. The van der Waals surface area contributed by atoms with Crippen LogP contribution < -0.4 is 0 Å². The minimum atomic E-state index is -1.08. The summed E-state index contributed by atoms with van der Waals surface area (Å²) in [6.45, 7) is 3.50. The molecule has 0 fully saturated rings. The average Bonchev–Trinajstić information content (AvgIpc) is 2.53. The highest BCUT2D eigenvalue weighted by molar-refractivity contribution is 5.86. The summed E-state index contributed by atoms with van der Waals surface area (Å²) in [4.78, 5) is 47.1. The molecule has 0 spiro atoms. The fourth-order valence-corrected chi connectivity index (χ4v) is 2.05. The van der Waals surface area contributed by atoms with Gasteiger partial charge in [-0.25, -0.2) is 0 Å². The van der Waals surface area contributed by atoms with Gasteiger partial charge >= 0.3 is 23.9 Å². The number of ether oxygens (including phenoxy) is 4. The van der Waals surface area contributed by atoms with Crippen LogP contribution in [0.15, 0.2) is 0 Å². The van der Waals surface area contributed by atoms with Crippen molar-refractivity contribution in [2.45, 2.75) is 33.1 Å². The smallest absolute Gasteiger partial charge is 0.310 e. The lowest BCUT2D eigenvalue weighted by atomic mass is 9.85. The number of rotatable bonds is 10. The van der Waals surface area contributed by atoms with E-state index < -0.39 is 35.7 Å². The molecule has 0 rings (SSSR count). The molecule has 0 aromatic carbocycles. The van der Waals surface area contributed by atoms with Crippen LogP contribution in [0.4, 0.5) is 0 Å². The van der Waals surface area contributed by atoms with Crippen molar-refractivity contribution >= 4 is 23.9 Å². The van der Waals surface area contributed by atoms with E-state index in [9.17, 15) is 19.2 Å². The first kappa shape index (κ1) is 20.9. The molecule has 0 radical (unpaired) electrons. The largest absolute Gasteiger partial charge is 0.469 e. The molecule has 2 atom stereocenters. The van der Waals surface area contributed by atoms with E-state index in [1.807, 2.05) is 0 Å². The van der Waals surface area contributed by atoms with Crippen LogP contribution >= 0.6 is 0 Å². The van der Waals surface area contributed by atoms with Gasteiger partial charge in [0.1, 0.15) is 0 Å². The molecule has 0 aromatic rings. The number of methoxy groups -OCH3 is 2. The first-order valence-electron chi connectivity index (χ1n) is 7.38. The SMILES string of the molecule is CCOC(=O)CC(C(=O)OCC)C(CCC(=O)OC)C(=O)OC. The molecule has 0 aromatic heterocycles. The van der Waals surface area contributed by atoms with Gasteiger partial charge in [0.15, 0.2) is 0 Å². The summed E-state index contributed by atoms with van der Waals surface area (Å²) in [5.74, 6) is -4.64. The van der Waals surface area contributed by atoms with Crippen molar-refractivity contribution in [3.05, 3.63) is 0 Å². The molecular weight excluding hydrogens is 308 g/mol. The Morgan fingerprint density at radius 3 is 1.87 bits per heavy atom. The third-order valence-corrected chi connectivity index (χ3v) is 3.16. The Morgan fingerprint density at radius 2 is 1.39 bits per heavy atom. The Bertz CT molecular complexity index is 418. The van der Waals surface area contributed by atoms with E-state index in [4.69, 9.17) is 9.47 Å². The highest BCUT2D eigenvalue weighted by atomic mass is 16.5. The van der Waals surface area contributed by atoms with Crippen LogP contribution in [-0.4, -0.2) is 51.3 Å². The lowest BCUT2D eigenvalue weighted by Gasteiger charge is -2.22. The Labute approximate surface area is 135 Å². The number of carbonyl (C=O) groups is 4. The number of carbonyl (C=O) groups excluding carboxylic acids is 4. The molecule has 0 saturated heterocycles. The zero-order valence-corrected chi connectivity index (χ0v) is 14.0. The van der Waals surface area contributed by atoms with Gasteiger partial charge in [-0.05, 0) is 20.3 Å². The molecule has 23 heavy (non-hydrogen) atoms. The first-order chi connectivity index (χ1) is 10.9. The molecule has 8 heteroatoms. The van der Waals surface area contributed by atoms with Crippen LogP contribution in [0, 0.1) is 11.8 Å². The predicted octanol–water partition coefficient (Wildman–Crippen LogP) is 0.861. The fraction of sp³-hybridized carbons (Fsp3) is 0.733. The minimum Gasteiger partial charge on any atom is -0.469 e. The minimum absolute atomic E-state index is 0.00221. The van der Waals surface area contributed by atoms with E-state index in [1.165, 1.54) is 14.2 Å². The molecule has 0 bridgehead atoms. The molecule has 2 unspecified atom stereocenters. The van der Waals surface area contributed by atoms with Crippen LogP contribution in [0.5, 0.6) is 0 Å². The van der Waals surface area contributed by atoms with E-state index >= 15 is 0 Å². The van der Waals surface area contributed by atoms with Crippen molar-refractivity contribution in [3.8, 4) is 0 Å². The van der Waals surface area contributed by atoms with Crippen molar-refractivity contribution < 1.29 is 38.1 Å². The maximum absolute atomic E-state index is 12.1. The molecule has 0 aliphatic heterocycles. The second-order valence-electron chi connectivity index (χ2n) is 4.61. The van der Waals surface area contributed by atoms with Gasteiger partial charge in [0.2, 0.25) is 0 Å². The number of esters is 4. The van der Waals surface area contributed by atoms with Gasteiger partial charge in [0.25, 0.3) is 0 Å². The van der Waals surface area contributed by atoms with Crippen molar-refractivity contribution in [3.63, 3.8) is 0 Å². The zero-order chi connectivity index (χ0) is 17.8. The third kappa shape index (κ3) is 7.62. The monoisotopic (exact) mass is 332 g/mol. The number of hydrogen-bond donors (Lipinski definition) is 0. The van der Waals surface area contributed by atoms with E-state index in [0.717, 1.165) is 0 Å². The molecule has 0 amide bonds. The molecular formula is C15H24O8. The van der Waals surface area contributed by atoms with Crippen molar-refractivity contribution in [1.29, 1.82) is 0 Å². The van der Waals surface area contributed by atoms with Crippen LogP contribution in [0.2, 0.25) is 0 Å². The maximum Gasteiger partial charge on any atom is 0.310 e. The Kier molecular flexibility index (Phi) is 10.4. The maximum atomic E-state index is 12.1. The fourth-order valence-electron chi connectivity index (χ4n) is 2.05. The van der Waals surface area contributed by atoms with E-state index in [2.05, 4.69) is 9.47 Å². The van der Waals surface area contributed by atoms with Crippen LogP contribution in [-0.2, 0) is 38.1 Å². The summed E-state index contributed by atoms with van der Waals surface area (Å²) in [7, 11) is 2.39. The summed E-state index contributed by atoms with van der Waals surface area (Å²) in [5.41, 5.74) is 0. The summed E-state index contributed by atoms with van der Waals surface area (Å²) < 4.78 is 18.9. The van der Waals surface area contributed by atoms with Gasteiger partial charge in [-0.15, -0.1) is 0 Å². The van der Waals surface area contributed by atoms with Gasteiger partial charge in [0.05, 0.1) is 45.7 Å². The highest BCUT2D eigenvalue weighted by Gasteiger charge is 2.37. The first-order valence-corrected chi connectivity index (χ1v) is 7.38.